The highest BCUT2D eigenvalue weighted by Gasteiger charge is 2.08. The molecule has 0 saturated carbocycles. The van der Waals surface area contributed by atoms with Gasteiger partial charge in [-0.15, -0.1) is 0 Å². The van der Waals surface area contributed by atoms with Crippen molar-refractivity contribution in [3.8, 4) is 5.75 Å². The van der Waals surface area contributed by atoms with E-state index >= 15 is 0 Å². The van der Waals surface area contributed by atoms with Crippen LogP contribution in [0, 0.1) is 13.8 Å². The molecule has 146 valence electrons. The summed E-state index contributed by atoms with van der Waals surface area (Å²) in [5, 5.41) is 8.68. The van der Waals surface area contributed by atoms with E-state index in [1.807, 2.05) is 32.0 Å². The smallest absolute Gasteiger partial charge is 0.329 e. The Balaban J connectivity index is 1.82. The topological polar surface area (TPSA) is 109 Å². The number of likely N-dealkylation sites (N-methyl/N-ethyl adjacent to an activating group) is 1. The van der Waals surface area contributed by atoms with Crippen LogP contribution in [0.15, 0.2) is 47.6 Å². The van der Waals surface area contributed by atoms with E-state index in [0.717, 1.165) is 16.8 Å². The molecule has 0 aliphatic heterocycles. The summed E-state index contributed by atoms with van der Waals surface area (Å²) < 4.78 is 5.46. The largest absolute Gasteiger partial charge is 0.484 e. The number of benzene rings is 2. The molecule has 0 atom stereocenters. The average Bonchev–Trinajstić information content (AvgIpc) is 2.65. The molecule has 0 heterocycles. The Bertz CT molecular complexity index is 871. The molecule has 0 fully saturated rings. The number of carbonyl (C=O) groups is 3. The van der Waals surface area contributed by atoms with Crippen LogP contribution in [0.25, 0.3) is 0 Å². The van der Waals surface area contributed by atoms with E-state index < -0.39 is 11.8 Å². The number of anilines is 1. The van der Waals surface area contributed by atoms with Gasteiger partial charge in [0.1, 0.15) is 5.75 Å². The van der Waals surface area contributed by atoms with Crippen LogP contribution >= 0.6 is 0 Å². The van der Waals surface area contributed by atoms with Crippen molar-refractivity contribution in [3.63, 3.8) is 0 Å². The highest BCUT2D eigenvalue weighted by atomic mass is 16.5. The number of carbonyl (C=O) groups excluding carboxylic acids is 3. The van der Waals surface area contributed by atoms with Crippen molar-refractivity contribution in [3.05, 3.63) is 59.2 Å². The van der Waals surface area contributed by atoms with E-state index in [0.29, 0.717) is 11.3 Å². The second kappa shape index (κ2) is 9.86. The average molecular weight is 382 g/mol. The summed E-state index contributed by atoms with van der Waals surface area (Å²) in [6.45, 7) is 3.81. The van der Waals surface area contributed by atoms with Crippen molar-refractivity contribution in [1.29, 1.82) is 0 Å². The molecule has 3 N–H and O–H groups in total. The van der Waals surface area contributed by atoms with Crippen molar-refractivity contribution >= 4 is 29.6 Å². The van der Waals surface area contributed by atoms with Crippen LogP contribution in [-0.4, -0.2) is 37.6 Å². The summed E-state index contributed by atoms with van der Waals surface area (Å²) >= 11 is 0. The summed E-state index contributed by atoms with van der Waals surface area (Å²) in [7, 11) is 1.35. The standard InChI is InChI=1S/C20H22N4O4/c1-13-8-14(2)10-16(9-13)23-18(25)12-28-17-6-4-15(5-7-17)11-22-24-20(27)19(26)21-3/h4-11H,12H2,1-3H3,(H,21,26)(H,23,25)(H,24,27)/b22-11-. The predicted molar refractivity (Wildman–Crippen MR) is 106 cm³/mol. The van der Waals surface area contributed by atoms with Crippen LogP contribution in [0.2, 0.25) is 0 Å². The third-order valence-electron chi connectivity index (χ3n) is 3.57. The van der Waals surface area contributed by atoms with Gasteiger partial charge in [0.05, 0.1) is 6.21 Å². The number of amides is 3. The molecule has 0 aromatic heterocycles. The van der Waals surface area contributed by atoms with Crippen molar-refractivity contribution in [2.75, 3.05) is 19.0 Å². The summed E-state index contributed by atoms with van der Waals surface area (Å²) in [6.07, 6.45) is 1.39. The lowest BCUT2D eigenvalue weighted by Crippen LogP contribution is -2.35. The van der Waals surface area contributed by atoms with E-state index in [-0.39, 0.29) is 12.5 Å². The van der Waals surface area contributed by atoms with E-state index in [9.17, 15) is 14.4 Å². The maximum atomic E-state index is 12.0. The van der Waals surface area contributed by atoms with Gasteiger partial charge in [-0.3, -0.25) is 14.4 Å². The Hall–Kier alpha value is -3.68. The number of hydrogen-bond donors (Lipinski definition) is 3. The zero-order chi connectivity index (χ0) is 20.5. The highest BCUT2D eigenvalue weighted by Crippen LogP contribution is 2.14. The fourth-order valence-corrected chi connectivity index (χ4v) is 2.37. The number of aryl methyl sites for hydroxylation is 2. The first kappa shape index (κ1) is 20.6. The monoisotopic (exact) mass is 382 g/mol. The normalized spacial score (nSPS) is 10.4. The summed E-state index contributed by atoms with van der Waals surface area (Å²) in [5.41, 5.74) is 5.66. The Morgan fingerprint density at radius 3 is 2.25 bits per heavy atom. The molecule has 8 nitrogen and oxygen atoms in total. The van der Waals surface area contributed by atoms with Gasteiger partial charge < -0.3 is 15.4 Å². The lowest BCUT2D eigenvalue weighted by Gasteiger charge is -2.09. The van der Waals surface area contributed by atoms with Crippen LogP contribution in [-0.2, 0) is 14.4 Å². The Morgan fingerprint density at radius 2 is 1.64 bits per heavy atom. The zero-order valence-electron chi connectivity index (χ0n) is 15.9. The van der Waals surface area contributed by atoms with Crippen LogP contribution in [0.3, 0.4) is 0 Å². The first-order valence-electron chi connectivity index (χ1n) is 8.53. The van der Waals surface area contributed by atoms with Crippen LogP contribution < -0.4 is 20.8 Å². The van der Waals surface area contributed by atoms with Gasteiger partial charge in [0.25, 0.3) is 5.91 Å². The third-order valence-corrected chi connectivity index (χ3v) is 3.57. The number of ether oxygens (including phenoxy) is 1. The number of nitrogens with one attached hydrogen (secondary N) is 3. The Kier molecular flexibility index (Phi) is 7.27. The zero-order valence-corrected chi connectivity index (χ0v) is 15.9. The van der Waals surface area contributed by atoms with Gasteiger partial charge in [0.15, 0.2) is 6.61 Å². The molecule has 0 saturated heterocycles. The minimum atomic E-state index is -0.853. The van der Waals surface area contributed by atoms with Crippen LogP contribution in [0.5, 0.6) is 5.75 Å². The Labute approximate surface area is 163 Å². The number of rotatable bonds is 6. The molecule has 28 heavy (non-hydrogen) atoms. The molecule has 2 rings (SSSR count). The fraction of sp³-hybridized carbons (Fsp3) is 0.200. The van der Waals surface area contributed by atoms with E-state index in [4.69, 9.17) is 4.74 Å². The molecular weight excluding hydrogens is 360 g/mol. The molecule has 0 aliphatic rings. The number of nitrogens with zero attached hydrogens (tertiary/aromatic N) is 1. The maximum absolute atomic E-state index is 12.0. The van der Waals surface area contributed by atoms with Crippen molar-refractivity contribution < 1.29 is 19.1 Å². The van der Waals surface area contributed by atoms with Gasteiger partial charge in [-0.05, 0) is 66.9 Å². The quantitative estimate of drug-likeness (QED) is 0.400. The molecule has 0 spiro atoms. The molecule has 2 aromatic carbocycles. The second-order valence-electron chi connectivity index (χ2n) is 6.06. The Morgan fingerprint density at radius 1 is 1.00 bits per heavy atom. The maximum Gasteiger partial charge on any atom is 0.329 e. The summed E-state index contributed by atoms with van der Waals surface area (Å²) in [5.74, 6) is -1.37. The minimum Gasteiger partial charge on any atom is -0.484 e. The summed E-state index contributed by atoms with van der Waals surface area (Å²) in [4.78, 5) is 34.3. The molecular formula is C20H22N4O4. The van der Waals surface area contributed by atoms with E-state index in [1.54, 1.807) is 24.3 Å². The molecule has 8 heteroatoms. The number of hydrazone groups is 1. The van der Waals surface area contributed by atoms with Crippen molar-refractivity contribution in [2.45, 2.75) is 13.8 Å². The SMILES string of the molecule is CNC(=O)C(=O)N/N=C\c1ccc(OCC(=O)Nc2cc(C)cc(C)c2)cc1. The van der Waals surface area contributed by atoms with E-state index in [1.165, 1.54) is 13.3 Å². The van der Waals surface area contributed by atoms with E-state index in [2.05, 4.69) is 21.2 Å². The molecule has 3 amide bonds. The van der Waals surface area contributed by atoms with Crippen molar-refractivity contribution in [2.24, 2.45) is 5.10 Å². The van der Waals surface area contributed by atoms with Gasteiger partial charge in [-0.25, -0.2) is 5.43 Å². The highest BCUT2D eigenvalue weighted by molar-refractivity contribution is 6.34. The van der Waals surface area contributed by atoms with Gasteiger partial charge in [0, 0.05) is 12.7 Å². The minimum absolute atomic E-state index is 0.122. The molecule has 2 aromatic rings. The van der Waals surface area contributed by atoms with Crippen molar-refractivity contribution in [1.82, 2.24) is 10.7 Å². The van der Waals surface area contributed by atoms with Crippen LogP contribution in [0.4, 0.5) is 5.69 Å². The summed E-state index contributed by atoms with van der Waals surface area (Å²) in [6, 6.07) is 12.6. The van der Waals surface area contributed by atoms with Crippen LogP contribution in [0.1, 0.15) is 16.7 Å². The second-order valence-corrected chi connectivity index (χ2v) is 6.06. The fourth-order valence-electron chi connectivity index (χ4n) is 2.37. The first-order chi connectivity index (χ1) is 13.4. The van der Waals surface area contributed by atoms with Gasteiger partial charge in [0.2, 0.25) is 0 Å². The molecule has 0 radical (unpaired) electrons. The molecule has 0 bridgehead atoms. The van der Waals surface area contributed by atoms with Gasteiger partial charge in [-0.1, -0.05) is 6.07 Å². The lowest BCUT2D eigenvalue weighted by molar-refractivity contribution is -0.138. The molecule has 0 unspecified atom stereocenters. The third kappa shape index (κ3) is 6.56. The van der Waals surface area contributed by atoms with Gasteiger partial charge >= 0.3 is 11.8 Å². The first-order valence-corrected chi connectivity index (χ1v) is 8.53. The predicted octanol–water partition coefficient (Wildman–Crippen LogP) is 1.52. The lowest BCUT2D eigenvalue weighted by atomic mass is 10.1. The van der Waals surface area contributed by atoms with Gasteiger partial charge in [-0.2, -0.15) is 5.10 Å². The molecule has 0 aliphatic carbocycles. The number of hydrogen-bond acceptors (Lipinski definition) is 5.